The standard InChI is InChI=1S/C15H20N2O/c18-15(11-4-1-2-5-11)17-13-7-8-14-12(10-13)6-3-9-16-14/h7-8,10-11,16H,1-6,9H2,(H,17,18). The smallest absolute Gasteiger partial charge is 0.227 e. The van der Waals surface area contributed by atoms with Gasteiger partial charge in [0.1, 0.15) is 0 Å². The van der Waals surface area contributed by atoms with Crippen molar-refractivity contribution in [2.45, 2.75) is 38.5 Å². The number of nitrogens with one attached hydrogen (secondary N) is 2. The van der Waals surface area contributed by atoms with E-state index in [1.54, 1.807) is 0 Å². The van der Waals surface area contributed by atoms with Crippen molar-refractivity contribution in [2.24, 2.45) is 5.92 Å². The molecule has 3 nitrogen and oxygen atoms in total. The molecule has 2 N–H and O–H groups in total. The first-order chi connectivity index (χ1) is 8.83. The van der Waals surface area contributed by atoms with E-state index in [2.05, 4.69) is 22.8 Å². The van der Waals surface area contributed by atoms with E-state index in [0.29, 0.717) is 0 Å². The summed E-state index contributed by atoms with van der Waals surface area (Å²) in [6.07, 6.45) is 6.79. The highest BCUT2D eigenvalue weighted by molar-refractivity contribution is 5.93. The minimum absolute atomic E-state index is 0.205. The van der Waals surface area contributed by atoms with Gasteiger partial charge in [-0.1, -0.05) is 12.8 Å². The third kappa shape index (κ3) is 2.35. The highest BCUT2D eigenvalue weighted by Crippen LogP contribution is 2.28. The van der Waals surface area contributed by atoms with Crippen LogP contribution in [0, 0.1) is 5.92 Å². The van der Waals surface area contributed by atoms with Crippen LogP contribution < -0.4 is 10.6 Å². The molecule has 1 saturated carbocycles. The lowest BCUT2D eigenvalue weighted by Gasteiger charge is -2.19. The number of hydrogen-bond donors (Lipinski definition) is 2. The lowest BCUT2D eigenvalue weighted by molar-refractivity contribution is -0.119. The summed E-state index contributed by atoms with van der Waals surface area (Å²) in [5.41, 5.74) is 3.50. The van der Waals surface area contributed by atoms with Crippen LogP contribution in [-0.4, -0.2) is 12.5 Å². The van der Waals surface area contributed by atoms with Crippen LogP contribution in [0.5, 0.6) is 0 Å². The van der Waals surface area contributed by atoms with Crippen molar-refractivity contribution in [1.82, 2.24) is 0 Å². The van der Waals surface area contributed by atoms with Gasteiger partial charge in [0.15, 0.2) is 0 Å². The van der Waals surface area contributed by atoms with Gasteiger partial charge in [0, 0.05) is 23.8 Å². The minimum atomic E-state index is 0.205. The molecule has 1 amide bonds. The van der Waals surface area contributed by atoms with Crippen LogP contribution in [0.2, 0.25) is 0 Å². The molecule has 0 atom stereocenters. The first-order valence-corrected chi connectivity index (χ1v) is 7.00. The molecule has 1 aromatic carbocycles. The van der Waals surface area contributed by atoms with Crippen LogP contribution in [0.1, 0.15) is 37.7 Å². The van der Waals surface area contributed by atoms with Crippen molar-refractivity contribution in [3.63, 3.8) is 0 Å². The molecule has 1 heterocycles. The maximum Gasteiger partial charge on any atom is 0.227 e. The number of rotatable bonds is 2. The quantitative estimate of drug-likeness (QED) is 0.839. The van der Waals surface area contributed by atoms with Gasteiger partial charge in [-0.25, -0.2) is 0 Å². The van der Waals surface area contributed by atoms with Gasteiger partial charge in [-0.2, -0.15) is 0 Å². The molecule has 3 rings (SSSR count). The maximum absolute atomic E-state index is 12.1. The Morgan fingerprint density at radius 3 is 2.89 bits per heavy atom. The molecule has 0 spiro atoms. The third-order valence-corrected chi connectivity index (χ3v) is 4.04. The summed E-state index contributed by atoms with van der Waals surface area (Å²) in [6, 6.07) is 6.21. The number of fused-ring (bicyclic) bond motifs is 1. The van der Waals surface area contributed by atoms with Crippen LogP contribution in [0.4, 0.5) is 11.4 Å². The Morgan fingerprint density at radius 1 is 1.22 bits per heavy atom. The summed E-state index contributed by atoms with van der Waals surface area (Å²) >= 11 is 0. The number of hydrogen-bond acceptors (Lipinski definition) is 2. The molecule has 3 heteroatoms. The van der Waals surface area contributed by atoms with Crippen molar-refractivity contribution < 1.29 is 4.79 Å². The van der Waals surface area contributed by atoms with Crippen LogP contribution in [0.15, 0.2) is 18.2 Å². The zero-order chi connectivity index (χ0) is 12.4. The number of benzene rings is 1. The highest BCUT2D eigenvalue weighted by atomic mass is 16.1. The Balaban J connectivity index is 1.70. The van der Waals surface area contributed by atoms with Crippen molar-refractivity contribution in [3.05, 3.63) is 23.8 Å². The summed E-state index contributed by atoms with van der Waals surface area (Å²) in [5, 5.41) is 6.45. The highest BCUT2D eigenvalue weighted by Gasteiger charge is 2.22. The molecule has 0 aromatic heterocycles. The average Bonchev–Trinajstić information content (AvgIpc) is 2.92. The molecule has 1 aliphatic heterocycles. The van der Waals surface area contributed by atoms with Gasteiger partial charge in [-0.05, 0) is 49.4 Å². The summed E-state index contributed by atoms with van der Waals surface area (Å²) in [6.45, 7) is 1.06. The molecule has 2 aliphatic rings. The first kappa shape index (κ1) is 11.6. The van der Waals surface area contributed by atoms with Gasteiger partial charge in [-0.15, -0.1) is 0 Å². The van der Waals surface area contributed by atoms with Crippen molar-refractivity contribution >= 4 is 17.3 Å². The van der Waals surface area contributed by atoms with Gasteiger partial charge >= 0.3 is 0 Å². The van der Waals surface area contributed by atoms with E-state index in [9.17, 15) is 4.79 Å². The van der Waals surface area contributed by atoms with Gasteiger partial charge in [0.05, 0.1) is 0 Å². The van der Waals surface area contributed by atoms with Crippen LogP contribution in [0.25, 0.3) is 0 Å². The lowest BCUT2D eigenvalue weighted by atomic mass is 10.0. The van der Waals surface area contributed by atoms with E-state index in [1.807, 2.05) is 6.07 Å². The Hall–Kier alpha value is -1.51. The molecule has 1 fully saturated rings. The molecule has 1 aromatic rings. The van der Waals surface area contributed by atoms with Gasteiger partial charge in [-0.3, -0.25) is 4.79 Å². The topological polar surface area (TPSA) is 41.1 Å². The number of anilines is 2. The van der Waals surface area contributed by atoms with Crippen molar-refractivity contribution in [3.8, 4) is 0 Å². The monoisotopic (exact) mass is 244 g/mol. The molecule has 0 bridgehead atoms. The fourth-order valence-electron chi connectivity index (χ4n) is 2.98. The second kappa shape index (κ2) is 5.01. The summed E-state index contributed by atoms with van der Waals surface area (Å²) in [7, 11) is 0. The SMILES string of the molecule is O=C(Nc1ccc2c(c1)CCCN2)C1CCCC1. The van der Waals surface area contributed by atoms with E-state index in [4.69, 9.17) is 0 Å². The van der Waals surface area contributed by atoms with Gasteiger partial charge in [0.2, 0.25) is 5.91 Å². The van der Waals surface area contributed by atoms with Gasteiger partial charge < -0.3 is 10.6 Å². The Bertz CT molecular complexity index is 450. The summed E-state index contributed by atoms with van der Waals surface area (Å²) < 4.78 is 0. The van der Waals surface area contributed by atoms with E-state index in [0.717, 1.165) is 31.5 Å². The minimum Gasteiger partial charge on any atom is -0.385 e. The van der Waals surface area contributed by atoms with E-state index < -0.39 is 0 Å². The second-order valence-electron chi connectivity index (χ2n) is 5.37. The van der Waals surface area contributed by atoms with Gasteiger partial charge in [0.25, 0.3) is 0 Å². The van der Waals surface area contributed by atoms with Crippen LogP contribution in [-0.2, 0) is 11.2 Å². The zero-order valence-corrected chi connectivity index (χ0v) is 10.7. The third-order valence-electron chi connectivity index (χ3n) is 4.04. The second-order valence-corrected chi connectivity index (χ2v) is 5.37. The lowest BCUT2D eigenvalue weighted by Crippen LogP contribution is -2.20. The van der Waals surface area contributed by atoms with Crippen molar-refractivity contribution in [1.29, 1.82) is 0 Å². The Morgan fingerprint density at radius 2 is 2.06 bits per heavy atom. The Kier molecular flexibility index (Phi) is 3.22. The predicted molar refractivity (Wildman–Crippen MR) is 73.8 cm³/mol. The molecular formula is C15H20N2O. The number of amides is 1. The molecule has 1 aliphatic carbocycles. The first-order valence-electron chi connectivity index (χ1n) is 7.00. The Labute approximate surface area is 108 Å². The summed E-state index contributed by atoms with van der Waals surface area (Å²) in [4.78, 5) is 12.1. The van der Waals surface area contributed by atoms with Crippen LogP contribution in [0.3, 0.4) is 0 Å². The number of carbonyl (C=O) groups is 1. The fourth-order valence-corrected chi connectivity index (χ4v) is 2.98. The van der Waals surface area contributed by atoms with Crippen LogP contribution >= 0.6 is 0 Å². The summed E-state index contributed by atoms with van der Waals surface area (Å²) in [5.74, 6) is 0.440. The molecule has 18 heavy (non-hydrogen) atoms. The fraction of sp³-hybridized carbons (Fsp3) is 0.533. The number of carbonyl (C=O) groups excluding carboxylic acids is 1. The zero-order valence-electron chi connectivity index (χ0n) is 10.7. The largest absolute Gasteiger partial charge is 0.385 e. The maximum atomic E-state index is 12.1. The van der Waals surface area contributed by atoms with E-state index in [1.165, 1.54) is 30.5 Å². The normalized spacial score (nSPS) is 19.1. The molecular weight excluding hydrogens is 224 g/mol. The average molecular weight is 244 g/mol. The predicted octanol–water partition coefficient (Wildman–Crippen LogP) is 3.17. The van der Waals surface area contributed by atoms with E-state index in [-0.39, 0.29) is 11.8 Å². The molecule has 96 valence electrons. The number of aryl methyl sites for hydroxylation is 1. The van der Waals surface area contributed by atoms with Crippen molar-refractivity contribution in [2.75, 3.05) is 17.2 Å². The molecule has 0 saturated heterocycles. The molecule has 0 unspecified atom stereocenters. The molecule has 0 radical (unpaired) electrons. The van der Waals surface area contributed by atoms with E-state index >= 15 is 0 Å².